The maximum absolute atomic E-state index is 4.75. The molecule has 0 spiro atoms. The van der Waals surface area contributed by atoms with E-state index < -0.39 is 0 Å². The maximum Gasteiger partial charge on any atom is 0.191 e. The minimum absolute atomic E-state index is 0.771. The Bertz CT molecular complexity index is 521. The van der Waals surface area contributed by atoms with Crippen molar-refractivity contribution in [1.82, 2.24) is 15.5 Å². The summed E-state index contributed by atoms with van der Waals surface area (Å²) in [6, 6.07) is 5.34. The van der Waals surface area contributed by atoms with Crippen LogP contribution < -0.4 is 10.6 Å². The number of nitrogens with one attached hydrogen (secondary N) is 2. The lowest BCUT2D eigenvalue weighted by Gasteiger charge is -2.17. The van der Waals surface area contributed by atoms with Crippen LogP contribution in [0.4, 0.5) is 0 Å². The van der Waals surface area contributed by atoms with Gasteiger partial charge in [0.05, 0.1) is 6.54 Å². The van der Waals surface area contributed by atoms with Crippen LogP contribution >= 0.6 is 11.3 Å². The summed E-state index contributed by atoms with van der Waals surface area (Å²) in [5.41, 5.74) is 0. The number of guanidine groups is 1. The van der Waals surface area contributed by atoms with Crippen molar-refractivity contribution >= 4 is 17.3 Å². The van der Waals surface area contributed by atoms with E-state index in [1.54, 1.807) is 0 Å². The highest BCUT2D eigenvalue weighted by Crippen LogP contribution is 2.31. The highest BCUT2D eigenvalue weighted by molar-refractivity contribution is 7.11. The molecule has 1 aliphatic carbocycles. The molecule has 1 saturated heterocycles. The largest absolute Gasteiger partial charge is 0.357 e. The quantitative estimate of drug-likeness (QED) is 0.595. The fourth-order valence-corrected chi connectivity index (χ4v) is 4.12. The molecule has 128 valence electrons. The van der Waals surface area contributed by atoms with Crippen LogP contribution in [0.2, 0.25) is 0 Å². The van der Waals surface area contributed by atoms with Gasteiger partial charge in [-0.2, -0.15) is 0 Å². The Morgan fingerprint density at radius 3 is 2.74 bits per heavy atom. The Balaban J connectivity index is 1.46. The smallest absolute Gasteiger partial charge is 0.191 e. The second-order valence-corrected chi connectivity index (χ2v) is 7.93. The Labute approximate surface area is 144 Å². The first kappa shape index (κ1) is 16.8. The number of nitrogens with zero attached hydrogens (tertiary/aromatic N) is 2. The number of aliphatic imine (C=N–C) groups is 1. The summed E-state index contributed by atoms with van der Waals surface area (Å²) in [5.74, 6) is 1.73. The molecule has 3 rings (SSSR count). The predicted molar refractivity (Wildman–Crippen MR) is 99.2 cm³/mol. The topological polar surface area (TPSA) is 39.7 Å². The molecule has 0 aromatic carbocycles. The SMILES string of the molecule is CCNC(=NCc1ccc(CC)s1)NCC1CCN(C2CC2)C1. The molecular formula is C18H30N4S. The van der Waals surface area contributed by atoms with Crippen LogP contribution in [0.25, 0.3) is 0 Å². The monoisotopic (exact) mass is 334 g/mol. The van der Waals surface area contributed by atoms with Crippen molar-refractivity contribution in [1.29, 1.82) is 0 Å². The molecule has 0 amide bonds. The Hall–Kier alpha value is -1.07. The minimum Gasteiger partial charge on any atom is -0.357 e. The van der Waals surface area contributed by atoms with Gasteiger partial charge in [-0.25, -0.2) is 4.99 Å². The van der Waals surface area contributed by atoms with Crippen LogP contribution in [0, 0.1) is 5.92 Å². The summed E-state index contributed by atoms with van der Waals surface area (Å²) in [4.78, 5) is 10.2. The zero-order valence-electron chi connectivity index (χ0n) is 14.5. The van der Waals surface area contributed by atoms with Crippen molar-refractivity contribution in [3.8, 4) is 0 Å². The highest BCUT2D eigenvalue weighted by atomic mass is 32.1. The standard InChI is InChI=1S/C18H30N4S/c1-3-16-7-8-17(23-16)12-21-18(19-4-2)20-11-14-9-10-22(13-14)15-5-6-15/h7-8,14-15H,3-6,9-13H2,1-2H3,(H2,19,20,21). The molecule has 4 nitrogen and oxygen atoms in total. The van der Waals surface area contributed by atoms with E-state index in [4.69, 9.17) is 4.99 Å². The summed E-state index contributed by atoms with van der Waals surface area (Å²) in [7, 11) is 0. The number of hydrogen-bond donors (Lipinski definition) is 2. The van der Waals surface area contributed by atoms with Crippen LogP contribution in [0.15, 0.2) is 17.1 Å². The van der Waals surface area contributed by atoms with E-state index in [9.17, 15) is 0 Å². The van der Waals surface area contributed by atoms with E-state index >= 15 is 0 Å². The van der Waals surface area contributed by atoms with Crippen molar-refractivity contribution in [3.63, 3.8) is 0 Å². The molecule has 1 aliphatic heterocycles. The van der Waals surface area contributed by atoms with E-state index in [1.807, 2.05) is 11.3 Å². The summed E-state index contributed by atoms with van der Waals surface area (Å²) in [6.45, 7) is 9.62. The molecule has 23 heavy (non-hydrogen) atoms. The minimum atomic E-state index is 0.771. The van der Waals surface area contributed by atoms with Crippen molar-refractivity contribution in [2.75, 3.05) is 26.2 Å². The van der Waals surface area contributed by atoms with Crippen molar-refractivity contribution in [2.45, 2.75) is 52.1 Å². The predicted octanol–water partition coefficient (Wildman–Crippen LogP) is 2.85. The van der Waals surface area contributed by atoms with Crippen LogP contribution in [0.3, 0.4) is 0 Å². The van der Waals surface area contributed by atoms with Crippen LogP contribution in [-0.2, 0) is 13.0 Å². The lowest BCUT2D eigenvalue weighted by Crippen LogP contribution is -2.40. The third-order valence-electron chi connectivity index (χ3n) is 4.74. The molecule has 0 bridgehead atoms. The first-order valence-electron chi connectivity index (χ1n) is 9.12. The maximum atomic E-state index is 4.75. The molecule has 1 aromatic rings. The number of hydrogen-bond acceptors (Lipinski definition) is 3. The molecule has 1 atom stereocenters. The van der Waals surface area contributed by atoms with Crippen molar-refractivity contribution in [2.24, 2.45) is 10.9 Å². The third-order valence-corrected chi connectivity index (χ3v) is 5.96. The summed E-state index contributed by atoms with van der Waals surface area (Å²) in [6.07, 6.45) is 5.29. The zero-order chi connectivity index (χ0) is 16.1. The molecule has 2 N–H and O–H groups in total. The average Bonchev–Trinajstić information content (AvgIpc) is 3.13. The fraction of sp³-hybridized carbons (Fsp3) is 0.722. The van der Waals surface area contributed by atoms with Gasteiger partial charge in [-0.15, -0.1) is 11.3 Å². The average molecular weight is 335 g/mol. The molecule has 1 aromatic heterocycles. The Kier molecular flexibility index (Phi) is 5.95. The second kappa shape index (κ2) is 8.15. The number of thiophene rings is 1. The van der Waals surface area contributed by atoms with E-state index in [0.717, 1.165) is 44.0 Å². The van der Waals surface area contributed by atoms with Crippen molar-refractivity contribution < 1.29 is 0 Å². The van der Waals surface area contributed by atoms with E-state index in [-0.39, 0.29) is 0 Å². The van der Waals surface area contributed by atoms with E-state index in [1.165, 1.54) is 42.1 Å². The second-order valence-electron chi connectivity index (χ2n) is 6.68. The highest BCUT2D eigenvalue weighted by Gasteiger charge is 2.34. The van der Waals surface area contributed by atoms with Crippen LogP contribution in [0.1, 0.15) is 42.9 Å². The molecule has 5 heteroatoms. The van der Waals surface area contributed by atoms with E-state index in [0.29, 0.717) is 0 Å². The summed E-state index contributed by atoms with van der Waals surface area (Å²) < 4.78 is 0. The van der Waals surface area contributed by atoms with Gasteiger partial charge in [-0.05, 0) is 57.2 Å². The fourth-order valence-electron chi connectivity index (χ4n) is 3.24. The van der Waals surface area contributed by atoms with Gasteiger partial charge < -0.3 is 15.5 Å². The summed E-state index contributed by atoms with van der Waals surface area (Å²) >= 11 is 1.88. The number of aryl methyl sites for hydroxylation is 1. The Morgan fingerprint density at radius 2 is 2.04 bits per heavy atom. The van der Waals surface area contributed by atoms with Gasteiger partial charge in [-0.3, -0.25) is 0 Å². The first-order valence-corrected chi connectivity index (χ1v) is 9.94. The van der Waals surface area contributed by atoms with Gasteiger partial charge in [0.15, 0.2) is 5.96 Å². The molecule has 2 aliphatic rings. The summed E-state index contributed by atoms with van der Waals surface area (Å²) in [5, 5.41) is 6.92. The molecule has 1 unspecified atom stereocenters. The lowest BCUT2D eigenvalue weighted by molar-refractivity contribution is 0.314. The lowest BCUT2D eigenvalue weighted by atomic mass is 10.1. The van der Waals surface area contributed by atoms with Gasteiger partial charge in [-0.1, -0.05) is 6.92 Å². The van der Waals surface area contributed by atoms with E-state index in [2.05, 4.69) is 41.5 Å². The molecular weight excluding hydrogens is 304 g/mol. The van der Waals surface area contributed by atoms with Crippen LogP contribution in [0.5, 0.6) is 0 Å². The van der Waals surface area contributed by atoms with Gasteiger partial charge in [0.2, 0.25) is 0 Å². The number of likely N-dealkylation sites (tertiary alicyclic amines) is 1. The number of rotatable bonds is 7. The zero-order valence-corrected chi connectivity index (χ0v) is 15.3. The van der Waals surface area contributed by atoms with Gasteiger partial charge >= 0.3 is 0 Å². The normalized spacial score (nSPS) is 22.5. The molecule has 2 fully saturated rings. The molecule has 1 saturated carbocycles. The third kappa shape index (κ3) is 4.95. The first-order chi connectivity index (χ1) is 11.3. The van der Waals surface area contributed by atoms with Gasteiger partial charge in [0, 0.05) is 35.4 Å². The van der Waals surface area contributed by atoms with Crippen LogP contribution in [-0.4, -0.2) is 43.1 Å². The Morgan fingerprint density at radius 1 is 1.22 bits per heavy atom. The molecule has 0 radical (unpaired) electrons. The molecule has 2 heterocycles. The van der Waals surface area contributed by atoms with Gasteiger partial charge in [0.25, 0.3) is 0 Å². The van der Waals surface area contributed by atoms with Crippen molar-refractivity contribution in [3.05, 3.63) is 21.9 Å². The van der Waals surface area contributed by atoms with Gasteiger partial charge in [0.1, 0.15) is 0 Å².